The molecule has 0 unspecified atom stereocenters. The van der Waals surface area contributed by atoms with Gasteiger partial charge in [0.1, 0.15) is 12.4 Å². The standard InChI is InChI=1S/C23H30N4O4/c1-4-5-13-26-21-20(22(29)25-23(26)30)27(14-16(2)3)18(24-21)11-12-19(28)31-15-17-9-7-6-8-10-17/h6-10,16H,4-5,11-15H2,1-3H3,(H,25,29,30). The Labute approximate surface area is 180 Å². The van der Waals surface area contributed by atoms with E-state index in [9.17, 15) is 14.4 Å². The van der Waals surface area contributed by atoms with Crippen molar-refractivity contribution in [2.24, 2.45) is 5.92 Å². The SMILES string of the molecule is CCCCn1c(=O)[nH]c(=O)c2c1nc(CCC(=O)OCc1ccccc1)n2CC(C)C. The summed E-state index contributed by atoms with van der Waals surface area (Å²) in [6, 6.07) is 9.50. The summed E-state index contributed by atoms with van der Waals surface area (Å²) in [7, 11) is 0. The highest BCUT2D eigenvalue weighted by molar-refractivity contribution is 5.72. The van der Waals surface area contributed by atoms with Crippen LogP contribution >= 0.6 is 0 Å². The minimum Gasteiger partial charge on any atom is -0.461 e. The van der Waals surface area contributed by atoms with E-state index < -0.39 is 11.2 Å². The van der Waals surface area contributed by atoms with Gasteiger partial charge in [0.15, 0.2) is 11.2 Å². The van der Waals surface area contributed by atoms with Crippen molar-refractivity contribution in [2.75, 3.05) is 0 Å². The Hall–Kier alpha value is -3.16. The molecule has 2 heterocycles. The Kier molecular flexibility index (Phi) is 7.44. The number of aromatic amines is 1. The molecule has 0 atom stereocenters. The highest BCUT2D eigenvalue weighted by Gasteiger charge is 2.20. The first-order valence-electron chi connectivity index (χ1n) is 10.8. The van der Waals surface area contributed by atoms with Crippen molar-refractivity contribution in [2.45, 2.75) is 66.2 Å². The second-order valence-corrected chi connectivity index (χ2v) is 8.12. The summed E-state index contributed by atoms with van der Waals surface area (Å²) in [4.78, 5) is 44.3. The third-order valence-corrected chi connectivity index (χ3v) is 5.04. The van der Waals surface area contributed by atoms with Crippen LogP contribution in [0.2, 0.25) is 0 Å². The average Bonchev–Trinajstić information content (AvgIpc) is 3.09. The Morgan fingerprint density at radius 1 is 1.16 bits per heavy atom. The minimum absolute atomic E-state index is 0.144. The van der Waals surface area contributed by atoms with E-state index >= 15 is 0 Å². The first kappa shape index (κ1) is 22.5. The number of imidazole rings is 1. The van der Waals surface area contributed by atoms with Crippen LogP contribution in [0.5, 0.6) is 0 Å². The lowest BCUT2D eigenvalue weighted by Crippen LogP contribution is -2.31. The van der Waals surface area contributed by atoms with E-state index in [-0.39, 0.29) is 24.9 Å². The molecule has 0 aliphatic rings. The second kappa shape index (κ2) is 10.2. The quantitative estimate of drug-likeness (QED) is 0.503. The highest BCUT2D eigenvalue weighted by Crippen LogP contribution is 2.16. The molecule has 0 bridgehead atoms. The normalized spacial score (nSPS) is 11.4. The number of benzene rings is 1. The fraction of sp³-hybridized carbons (Fsp3) is 0.478. The maximum atomic E-state index is 12.6. The van der Waals surface area contributed by atoms with E-state index in [0.717, 1.165) is 18.4 Å². The third kappa shape index (κ3) is 5.51. The Balaban J connectivity index is 1.86. The first-order valence-corrected chi connectivity index (χ1v) is 10.8. The van der Waals surface area contributed by atoms with E-state index in [0.29, 0.717) is 36.5 Å². The number of carbonyl (C=O) groups is 1. The van der Waals surface area contributed by atoms with Gasteiger partial charge in [-0.15, -0.1) is 0 Å². The van der Waals surface area contributed by atoms with E-state index in [1.54, 1.807) is 0 Å². The van der Waals surface area contributed by atoms with Crippen molar-refractivity contribution in [1.29, 1.82) is 0 Å². The fourth-order valence-corrected chi connectivity index (χ4v) is 3.52. The van der Waals surface area contributed by atoms with Gasteiger partial charge in [-0.05, 0) is 17.9 Å². The molecule has 0 saturated heterocycles. The molecule has 1 aromatic carbocycles. The molecule has 0 saturated carbocycles. The molecule has 0 aliphatic heterocycles. The molecule has 166 valence electrons. The van der Waals surface area contributed by atoms with E-state index in [2.05, 4.69) is 9.97 Å². The van der Waals surface area contributed by atoms with Gasteiger partial charge in [-0.2, -0.15) is 0 Å². The first-order chi connectivity index (χ1) is 14.9. The van der Waals surface area contributed by atoms with Gasteiger partial charge in [-0.3, -0.25) is 19.1 Å². The minimum atomic E-state index is -0.450. The predicted molar refractivity (Wildman–Crippen MR) is 119 cm³/mol. The zero-order valence-electron chi connectivity index (χ0n) is 18.4. The van der Waals surface area contributed by atoms with E-state index in [1.165, 1.54) is 4.57 Å². The van der Waals surface area contributed by atoms with Crippen molar-refractivity contribution in [1.82, 2.24) is 19.1 Å². The number of carbonyl (C=O) groups excluding carboxylic acids is 1. The molecule has 0 amide bonds. The summed E-state index contributed by atoms with van der Waals surface area (Å²) >= 11 is 0. The summed E-state index contributed by atoms with van der Waals surface area (Å²) in [6.45, 7) is 7.41. The number of aryl methyl sites for hydroxylation is 2. The van der Waals surface area contributed by atoms with Gasteiger partial charge >= 0.3 is 11.7 Å². The highest BCUT2D eigenvalue weighted by atomic mass is 16.5. The maximum Gasteiger partial charge on any atom is 0.330 e. The maximum absolute atomic E-state index is 12.6. The van der Waals surface area contributed by atoms with Crippen molar-refractivity contribution < 1.29 is 9.53 Å². The lowest BCUT2D eigenvalue weighted by Gasteiger charge is -2.11. The Bertz CT molecular complexity index is 1140. The molecular weight excluding hydrogens is 396 g/mol. The average molecular weight is 427 g/mol. The van der Waals surface area contributed by atoms with Crippen LogP contribution in [0, 0.1) is 5.92 Å². The van der Waals surface area contributed by atoms with E-state index in [1.807, 2.05) is 55.7 Å². The van der Waals surface area contributed by atoms with Crippen LogP contribution < -0.4 is 11.2 Å². The number of aromatic nitrogens is 4. The van der Waals surface area contributed by atoms with Gasteiger partial charge in [0.2, 0.25) is 0 Å². The molecule has 0 aliphatic carbocycles. The number of rotatable bonds is 10. The lowest BCUT2D eigenvalue weighted by molar-refractivity contribution is -0.144. The number of unbranched alkanes of at least 4 members (excludes halogenated alkanes) is 1. The molecule has 0 radical (unpaired) electrons. The largest absolute Gasteiger partial charge is 0.461 e. The van der Waals surface area contributed by atoms with Crippen LogP contribution in [-0.2, 0) is 35.6 Å². The zero-order valence-corrected chi connectivity index (χ0v) is 18.4. The van der Waals surface area contributed by atoms with Crippen molar-refractivity contribution in [3.63, 3.8) is 0 Å². The van der Waals surface area contributed by atoms with Gasteiger partial charge in [-0.1, -0.05) is 57.5 Å². The van der Waals surface area contributed by atoms with Gasteiger partial charge in [0, 0.05) is 19.5 Å². The summed E-state index contributed by atoms with van der Waals surface area (Å²) in [6.07, 6.45) is 2.20. The predicted octanol–water partition coefficient (Wildman–Crippen LogP) is 3.02. The lowest BCUT2D eigenvalue weighted by atomic mass is 10.2. The van der Waals surface area contributed by atoms with Crippen LogP contribution in [0.25, 0.3) is 11.2 Å². The third-order valence-electron chi connectivity index (χ3n) is 5.04. The number of hydrogen-bond donors (Lipinski definition) is 1. The number of hydrogen-bond acceptors (Lipinski definition) is 5. The molecule has 8 heteroatoms. The van der Waals surface area contributed by atoms with Gasteiger partial charge in [0.05, 0.1) is 6.42 Å². The number of fused-ring (bicyclic) bond motifs is 1. The topological polar surface area (TPSA) is 99.0 Å². The fourth-order valence-electron chi connectivity index (χ4n) is 3.52. The van der Waals surface area contributed by atoms with Crippen LogP contribution in [0.15, 0.2) is 39.9 Å². The number of esters is 1. The molecule has 3 rings (SSSR count). The second-order valence-electron chi connectivity index (χ2n) is 8.12. The molecule has 0 fully saturated rings. The number of H-pyrrole nitrogens is 1. The summed E-state index contributed by atoms with van der Waals surface area (Å²) in [5, 5.41) is 0. The number of ether oxygens (including phenoxy) is 1. The zero-order chi connectivity index (χ0) is 22.4. The van der Waals surface area contributed by atoms with Crippen molar-refractivity contribution >= 4 is 17.1 Å². The Morgan fingerprint density at radius 3 is 2.58 bits per heavy atom. The summed E-state index contributed by atoms with van der Waals surface area (Å²) in [5.41, 5.74) is 0.801. The van der Waals surface area contributed by atoms with Gasteiger partial charge in [0.25, 0.3) is 5.56 Å². The monoisotopic (exact) mass is 426 g/mol. The molecule has 3 aromatic rings. The van der Waals surface area contributed by atoms with Crippen LogP contribution in [0.4, 0.5) is 0 Å². The number of nitrogens with zero attached hydrogens (tertiary/aromatic N) is 3. The Morgan fingerprint density at radius 2 is 1.90 bits per heavy atom. The van der Waals surface area contributed by atoms with Crippen LogP contribution in [0.1, 0.15) is 51.4 Å². The van der Waals surface area contributed by atoms with Crippen molar-refractivity contribution in [3.8, 4) is 0 Å². The smallest absolute Gasteiger partial charge is 0.330 e. The molecule has 0 spiro atoms. The van der Waals surface area contributed by atoms with Crippen LogP contribution in [-0.4, -0.2) is 25.1 Å². The van der Waals surface area contributed by atoms with Gasteiger partial charge in [-0.25, -0.2) is 9.78 Å². The molecule has 2 aromatic heterocycles. The van der Waals surface area contributed by atoms with E-state index in [4.69, 9.17) is 4.74 Å². The molecule has 1 N–H and O–H groups in total. The van der Waals surface area contributed by atoms with Crippen LogP contribution in [0.3, 0.4) is 0 Å². The molecule has 31 heavy (non-hydrogen) atoms. The number of nitrogens with one attached hydrogen (secondary N) is 1. The molecular formula is C23H30N4O4. The van der Waals surface area contributed by atoms with Crippen molar-refractivity contribution in [3.05, 3.63) is 62.6 Å². The molecule has 8 nitrogen and oxygen atoms in total. The summed E-state index contributed by atoms with van der Waals surface area (Å²) < 4.78 is 8.73. The summed E-state index contributed by atoms with van der Waals surface area (Å²) in [5.74, 6) is 0.544. The van der Waals surface area contributed by atoms with Gasteiger partial charge < -0.3 is 9.30 Å².